The molecule has 0 radical (unpaired) electrons. The first-order chi connectivity index (χ1) is 22.4. The second-order valence-electron chi connectivity index (χ2n) is 13.2. The van der Waals surface area contributed by atoms with E-state index in [9.17, 15) is 9.59 Å². The molecule has 5 rings (SSSR count). The first kappa shape index (κ1) is 35.6. The zero-order chi connectivity index (χ0) is 32.8. The van der Waals surface area contributed by atoms with Gasteiger partial charge in [0.1, 0.15) is 6.10 Å². The first-order valence-corrected chi connectivity index (χ1v) is 17.5. The molecule has 1 spiro atoms. The number of nitrogens with zero attached hydrogens (tertiary/aromatic N) is 1. The van der Waals surface area contributed by atoms with Crippen molar-refractivity contribution in [2.75, 3.05) is 13.1 Å². The maximum absolute atomic E-state index is 14.5. The molecule has 2 aromatic rings. The number of carbonyl (C=O) groups is 3. The van der Waals surface area contributed by atoms with Gasteiger partial charge in [0.15, 0.2) is 0 Å². The highest BCUT2D eigenvalue weighted by atomic mass is 16.7. The molecule has 0 aliphatic carbocycles. The number of carboxylic acid groups (broad SMARTS) is 1. The Morgan fingerprint density at radius 3 is 1.89 bits per heavy atom. The SMILES string of the molecule is CCCCCCCCCC(=O)OC(C)OC(C(=O)OC1CC2CCC(C1)[N+]21CCCC1)(c1ccccc1)c1ccccc1.O=C[O-]. The highest BCUT2D eigenvalue weighted by Gasteiger charge is 2.57. The predicted molar refractivity (Wildman–Crippen MR) is 174 cm³/mol. The summed E-state index contributed by atoms with van der Waals surface area (Å²) in [6, 6.07) is 20.2. The first-order valence-electron chi connectivity index (χ1n) is 17.5. The number of esters is 2. The number of quaternary nitrogens is 1. The number of piperidine rings is 1. The Bertz CT molecular complexity index is 1160. The number of benzene rings is 2. The third kappa shape index (κ3) is 8.56. The molecule has 3 fully saturated rings. The Kier molecular flexibility index (Phi) is 13.6. The van der Waals surface area contributed by atoms with E-state index in [0.29, 0.717) is 29.6 Å². The Hall–Kier alpha value is -3.23. The van der Waals surface area contributed by atoms with E-state index in [2.05, 4.69) is 6.92 Å². The van der Waals surface area contributed by atoms with E-state index in [4.69, 9.17) is 24.1 Å². The van der Waals surface area contributed by atoms with Gasteiger partial charge < -0.3 is 28.6 Å². The molecule has 2 bridgehead atoms. The summed E-state index contributed by atoms with van der Waals surface area (Å²) >= 11 is 0. The Balaban J connectivity index is 0.00000154. The fraction of sp³-hybridized carbons (Fsp3) is 0.605. The van der Waals surface area contributed by atoms with Gasteiger partial charge in [0, 0.05) is 51.4 Å². The van der Waals surface area contributed by atoms with E-state index in [1.807, 2.05) is 60.7 Å². The maximum atomic E-state index is 14.5. The molecule has 0 amide bonds. The Morgan fingerprint density at radius 1 is 0.870 bits per heavy atom. The molecule has 3 atom stereocenters. The van der Waals surface area contributed by atoms with Crippen LogP contribution in [-0.4, -0.2) is 60.5 Å². The second-order valence-corrected chi connectivity index (χ2v) is 13.2. The van der Waals surface area contributed by atoms with Crippen molar-refractivity contribution in [2.45, 2.75) is 134 Å². The van der Waals surface area contributed by atoms with Gasteiger partial charge in [-0.1, -0.05) is 106 Å². The van der Waals surface area contributed by atoms with Gasteiger partial charge in [0.2, 0.25) is 11.9 Å². The smallest absolute Gasteiger partial charge is 0.348 e. The summed E-state index contributed by atoms with van der Waals surface area (Å²) in [5.74, 6) is -0.730. The molecule has 46 heavy (non-hydrogen) atoms. The van der Waals surface area contributed by atoms with Crippen molar-refractivity contribution < 1.29 is 38.2 Å². The molecule has 3 aliphatic heterocycles. The zero-order valence-electron chi connectivity index (χ0n) is 27.8. The van der Waals surface area contributed by atoms with Gasteiger partial charge in [0.05, 0.1) is 25.2 Å². The number of carbonyl (C=O) groups excluding carboxylic acids is 3. The van der Waals surface area contributed by atoms with Crippen molar-refractivity contribution in [3.05, 3.63) is 71.8 Å². The van der Waals surface area contributed by atoms with Gasteiger partial charge in [-0.2, -0.15) is 0 Å². The number of hydrogen-bond acceptors (Lipinski definition) is 7. The predicted octanol–water partition coefficient (Wildman–Crippen LogP) is 6.19. The van der Waals surface area contributed by atoms with Crippen LogP contribution in [0, 0.1) is 0 Å². The molecule has 8 heteroatoms. The van der Waals surface area contributed by atoms with Crippen LogP contribution in [0.25, 0.3) is 0 Å². The van der Waals surface area contributed by atoms with Crippen LogP contribution in [0.4, 0.5) is 0 Å². The van der Waals surface area contributed by atoms with Gasteiger partial charge in [-0.15, -0.1) is 0 Å². The molecule has 3 heterocycles. The summed E-state index contributed by atoms with van der Waals surface area (Å²) in [4.78, 5) is 35.6. The van der Waals surface area contributed by atoms with Crippen LogP contribution in [0.2, 0.25) is 0 Å². The fourth-order valence-corrected chi connectivity index (χ4v) is 8.22. The topological polar surface area (TPSA) is 102 Å². The van der Waals surface area contributed by atoms with Crippen LogP contribution in [0.5, 0.6) is 0 Å². The van der Waals surface area contributed by atoms with E-state index in [1.54, 1.807) is 6.92 Å². The average molecular weight is 636 g/mol. The van der Waals surface area contributed by atoms with Gasteiger partial charge in [0.25, 0.3) is 0 Å². The van der Waals surface area contributed by atoms with Crippen LogP contribution >= 0.6 is 0 Å². The maximum Gasteiger partial charge on any atom is 0.348 e. The molecular formula is C38H53NO7. The normalized spacial score (nSPS) is 22.0. The number of unbranched alkanes of at least 4 members (excludes halogenated alkanes) is 6. The standard InChI is InChI=1S/C37H52NO5.CH2O2/c1-3-4-5-6-7-8-15-22-35(39)41-29(2)43-37(30-18-11-9-12-19-30,31-20-13-10-14-21-31)36(40)42-34-27-32-23-24-33(28-34)38(32)25-16-17-26-38;2-1-3/h9-14,18-21,29,32-34H,3-8,15-17,22-28H2,1-2H3;1H,(H,2,3)/q+1;/p-1. The summed E-state index contributed by atoms with van der Waals surface area (Å²) in [5.41, 5.74) is -0.219. The van der Waals surface area contributed by atoms with Crippen LogP contribution < -0.4 is 5.11 Å². The van der Waals surface area contributed by atoms with Crippen molar-refractivity contribution in [1.29, 1.82) is 0 Å². The van der Waals surface area contributed by atoms with E-state index in [-0.39, 0.29) is 12.1 Å². The molecule has 0 saturated carbocycles. The van der Waals surface area contributed by atoms with Crippen LogP contribution in [0.15, 0.2) is 60.7 Å². The Morgan fingerprint density at radius 2 is 1.37 bits per heavy atom. The third-order valence-electron chi connectivity index (χ3n) is 10.3. The summed E-state index contributed by atoms with van der Waals surface area (Å²) in [5, 5.41) is 8.25. The number of ether oxygens (including phenoxy) is 3. The quantitative estimate of drug-likeness (QED) is 0.0756. The summed E-state index contributed by atoms with van der Waals surface area (Å²) in [6.07, 6.45) is 14.1. The molecular weight excluding hydrogens is 582 g/mol. The van der Waals surface area contributed by atoms with Crippen LogP contribution in [0.1, 0.15) is 115 Å². The lowest BCUT2D eigenvalue weighted by Gasteiger charge is -2.47. The second kappa shape index (κ2) is 17.6. The number of rotatable bonds is 15. The zero-order valence-corrected chi connectivity index (χ0v) is 27.8. The van der Waals surface area contributed by atoms with Gasteiger partial charge in [-0.05, 0) is 24.5 Å². The Labute approximate surface area is 275 Å². The lowest BCUT2D eigenvalue weighted by atomic mass is 9.85. The average Bonchev–Trinajstić information content (AvgIpc) is 3.60. The van der Waals surface area contributed by atoms with Crippen LogP contribution in [0.3, 0.4) is 0 Å². The van der Waals surface area contributed by atoms with Crippen molar-refractivity contribution >= 4 is 18.4 Å². The fourth-order valence-electron chi connectivity index (χ4n) is 8.22. The van der Waals surface area contributed by atoms with Gasteiger partial charge in [-0.25, -0.2) is 4.79 Å². The largest absolute Gasteiger partial charge is 0.554 e. The van der Waals surface area contributed by atoms with Crippen molar-refractivity contribution in [1.82, 2.24) is 0 Å². The van der Waals surface area contributed by atoms with Crippen molar-refractivity contribution in [2.24, 2.45) is 0 Å². The van der Waals surface area contributed by atoms with E-state index in [1.165, 1.54) is 68.9 Å². The molecule has 3 aliphatic rings. The van der Waals surface area contributed by atoms with E-state index < -0.39 is 24.3 Å². The van der Waals surface area contributed by atoms with Crippen molar-refractivity contribution in [3.63, 3.8) is 0 Å². The van der Waals surface area contributed by atoms with Gasteiger partial charge in [-0.3, -0.25) is 4.79 Å². The minimum atomic E-state index is -1.56. The number of hydrogen-bond donors (Lipinski definition) is 0. The third-order valence-corrected chi connectivity index (χ3v) is 10.3. The molecule has 3 saturated heterocycles. The lowest BCUT2D eigenvalue weighted by molar-refractivity contribution is -0.956. The van der Waals surface area contributed by atoms with Crippen molar-refractivity contribution in [3.8, 4) is 0 Å². The summed E-state index contributed by atoms with van der Waals surface area (Å²) in [6.45, 7) is 5.98. The molecule has 3 unspecified atom stereocenters. The molecule has 0 N–H and O–H groups in total. The monoisotopic (exact) mass is 635 g/mol. The highest BCUT2D eigenvalue weighted by molar-refractivity contribution is 5.86. The van der Waals surface area contributed by atoms with Crippen LogP contribution in [-0.2, 0) is 34.2 Å². The summed E-state index contributed by atoms with van der Waals surface area (Å²) in [7, 11) is 0. The molecule has 0 aromatic heterocycles. The minimum absolute atomic E-state index is 0.139. The van der Waals surface area contributed by atoms with E-state index in [0.717, 1.165) is 32.1 Å². The minimum Gasteiger partial charge on any atom is -0.554 e. The van der Waals surface area contributed by atoms with Gasteiger partial charge >= 0.3 is 11.9 Å². The molecule has 8 nitrogen and oxygen atoms in total. The highest BCUT2D eigenvalue weighted by Crippen LogP contribution is 2.47. The van der Waals surface area contributed by atoms with E-state index >= 15 is 0 Å². The lowest BCUT2D eigenvalue weighted by Crippen LogP contribution is -2.60. The summed E-state index contributed by atoms with van der Waals surface area (Å²) < 4.78 is 20.1. The molecule has 2 aromatic carbocycles. The molecule has 252 valence electrons.